The zero-order valence-corrected chi connectivity index (χ0v) is 15.8. The van der Waals surface area contributed by atoms with Crippen molar-refractivity contribution in [3.8, 4) is 0 Å². The third-order valence-corrected chi connectivity index (χ3v) is 5.64. The Morgan fingerprint density at radius 1 is 0.833 bits per heavy atom. The lowest BCUT2D eigenvalue weighted by molar-refractivity contribution is -0.126. The van der Waals surface area contributed by atoms with Crippen LogP contribution in [0.5, 0.6) is 0 Å². The minimum Gasteiger partial charge on any atom is -0.306 e. The maximum Gasteiger partial charge on any atom is 0.401 e. The van der Waals surface area contributed by atoms with Gasteiger partial charge < -0.3 is 5.32 Å². The highest BCUT2D eigenvalue weighted by atomic mass is 19.4. The Morgan fingerprint density at radius 2 is 1.38 bits per heavy atom. The minimum atomic E-state index is -4.08. The molecule has 0 aromatic carbocycles. The van der Waals surface area contributed by atoms with Crippen LogP contribution in [0.25, 0.3) is 0 Å². The summed E-state index contributed by atoms with van der Waals surface area (Å²) in [6, 6.07) is 0.0688. The molecule has 0 aromatic rings. The fourth-order valence-corrected chi connectivity index (χ4v) is 4.16. The third-order valence-electron chi connectivity index (χ3n) is 5.64. The Morgan fingerprint density at radius 3 is 1.92 bits per heavy atom. The van der Waals surface area contributed by atoms with E-state index < -0.39 is 12.7 Å². The molecule has 1 fully saturated rings. The molecule has 0 amide bonds. The quantitative estimate of drug-likeness (QED) is 0.379. The van der Waals surface area contributed by atoms with Crippen LogP contribution in [-0.2, 0) is 0 Å². The number of halogens is 3. The fraction of sp³-hybridized carbons (Fsp3) is 1.00. The van der Waals surface area contributed by atoms with Crippen LogP contribution >= 0.6 is 0 Å². The molecule has 0 radical (unpaired) electrons. The molecule has 4 heteroatoms. The first-order chi connectivity index (χ1) is 11.5. The summed E-state index contributed by atoms with van der Waals surface area (Å²) in [4.78, 5) is 0. The number of hydrogen-bond donors (Lipinski definition) is 1. The van der Waals surface area contributed by atoms with Gasteiger partial charge in [0, 0.05) is 6.04 Å². The summed E-state index contributed by atoms with van der Waals surface area (Å²) in [6.45, 7) is 3.65. The van der Waals surface area contributed by atoms with Gasteiger partial charge in [0.2, 0.25) is 0 Å². The zero-order valence-electron chi connectivity index (χ0n) is 15.8. The van der Waals surface area contributed by atoms with Gasteiger partial charge in [0.1, 0.15) is 0 Å². The fourth-order valence-electron chi connectivity index (χ4n) is 4.16. The van der Waals surface area contributed by atoms with E-state index in [0.29, 0.717) is 0 Å². The minimum absolute atomic E-state index is 0.0688. The van der Waals surface area contributed by atoms with Crippen LogP contribution in [0.1, 0.15) is 97.3 Å². The smallest absolute Gasteiger partial charge is 0.306 e. The van der Waals surface area contributed by atoms with Gasteiger partial charge >= 0.3 is 6.18 Å². The van der Waals surface area contributed by atoms with Crippen molar-refractivity contribution in [2.45, 2.75) is 110 Å². The van der Waals surface area contributed by atoms with E-state index in [1.54, 1.807) is 0 Å². The largest absolute Gasteiger partial charge is 0.401 e. The van der Waals surface area contributed by atoms with Crippen molar-refractivity contribution in [2.75, 3.05) is 6.54 Å². The summed E-state index contributed by atoms with van der Waals surface area (Å²) >= 11 is 0. The summed E-state index contributed by atoms with van der Waals surface area (Å²) in [6.07, 6.45) is 11.8. The maximum absolute atomic E-state index is 12.3. The molecule has 0 saturated heterocycles. The van der Waals surface area contributed by atoms with E-state index in [1.807, 2.05) is 0 Å². The van der Waals surface area contributed by atoms with Gasteiger partial charge in [-0.25, -0.2) is 0 Å². The Balaban J connectivity index is 2.35. The van der Waals surface area contributed by atoms with Gasteiger partial charge in [-0.2, -0.15) is 13.2 Å². The molecule has 1 rings (SSSR count). The number of rotatable bonds is 12. The predicted octanol–water partition coefficient (Wildman–Crippen LogP) is 6.86. The lowest BCUT2D eigenvalue weighted by Gasteiger charge is -2.35. The molecule has 0 bridgehead atoms. The Labute approximate surface area is 147 Å². The molecule has 0 spiro atoms. The first-order valence-corrected chi connectivity index (χ1v) is 10.3. The lowest BCUT2D eigenvalue weighted by atomic mass is 9.74. The summed E-state index contributed by atoms with van der Waals surface area (Å²) in [5, 5.41) is 2.71. The van der Waals surface area contributed by atoms with Crippen LogP contribution in [0, 0.1) is 11.8 Å². The number of unbranched alkanes of at least 4 members (excludes halogenated alkanes) is 5. The normalized spacial score (nSPS) is 23.4. The molecule has 1 aliphatic carbocycles. The third kappa shape index (κ3) is 9.90. The van der Waals surface area contributed by atoms with E-state index in [0.717, 1.165) is 37.5 Å². The van der Waals surface area contributed by atoms with Crippen LogP contribution in [0.2, 0.25) is 0 Å². The van der Waals surface area contributed by atoms with Gasteiger partial charge in [-0.05, 0) is 37.5 Å². The van der Waals surface area contributed by atoms with Crippen LogP contribution in [0.15, 0.2) is 0 Å². The van der Waals surface area contributed by atoms with Crippen LogP contribution in [0.3, 0.4) is 0 Å². The second-order valence-corrected chi connectivity index (χ2v) is 7.71. The topological polar surface area (TPSA) is 12.0 Å². The molecule has 1 aliphatic rings. The van der Waals surface area contributed by atoms with Crippen LogP contribution in [0.4, 0.5) is 13.2 Å². The van der Waals surface area contributed by atoms with Crippen molar-refractivity contribution < 1.29 is 13.2 Å². The van der Waals surface area contributed by atoms with E-state index in [-0.39, 0.29) is 6.04 Å². The van der Waals surface area contributed by atoms with E-state index in [4.69, 9.17) is 0 Å². The van der Waals surface area contributed by atoms with Crippen molar-refractivity contribution in [1.29, 1.82) is 0 Å². The average molecular weight is 350 g/mol. The highest BCUT2D eigenvalue weighted by Gasteiger charge is 2.31. The first-order valence-electron chi connectivity index (χ1n) is 10.3. The molecular formula is C20H38F3N. The van der Waals surface area contributed by atoms with Gasteiger partial charge in [0.05, 0.1) is 6.54 Å². The summed E-state index contributed by atoms with van der Waals surface area (Å²) in [5.74, 6) is 1.55. The molecule has 1 N–H and O–H groups in total. The van der Waals surface area contributed by atoms with Crippen molar-refractivity contribution in [3.05, 3.63) is 0 Å². The van der Waals surface area contributed by atoms with Crippen molar-refractivity contribution in [1.82, 2.24) is 5.32 Å². The van der Waals surface area contributed by atoms with Crippen LogP contribution < -0.4 is 5.32 Å². The highest BCUT2D eigenvalue weighted by molar-refractivity contribution is 4.82. The van der Waals surface area contributed by atoms with E-state index >= 15 is 0 Å². The zero-order chi connectivity index (χ0) is 17.8. The molecular weight excluding hydrogens is 311 g/mol. The Hall–Kier alpha value is -0.250. The van der Waals surface area contributed by atoms with Gasteiger partial charge in [0.25, 0.3) is 0 Å². The molecule has 0 aliphatic heterocycles. The molecule has 0 heterocycles. The van der Waals surface area contributed by atoms with Crippen molar-refractivity contribution in [2.24, 2.45) is 11.8 Å². The highest BCUT2D eigenvalue weighted by Crippen LogP contribution is 2.36. The monoisotopic (exact) mass is 349 g/mol. The van der Waals surface area contributed by atoms with Gasteiger partial charge in [0.15, 0.2) is 0 Å². The average Bonchev–Trinajstić information content (AvgIpc) is 2.55. The molecule has 1 unspecified atom stereocenters. The van der Waals surface area contributed by atoms with Crippen molar-refractivity contribution >= 4 is 0 Å². The van der Waals surface area contributed by atoms with Gasteiger partial charge in [-0.3, -0.25) is 0 Å². The van der Waals surface area contributed by atoms with Crippen molar-refractivity contribution in [3.63, 3.8) is 0 Å². The van der Waals surface area contributed by atoms with E-state index in [2.05, 4.69) is 19.2 Å². The second kappa shape index (κ2) is 12.2. The maximum atomic E-state index is 12.3. The Bertz CT molecular complexity index is 296. The Kier molecular flexibility index (Phi) is 11.0. The standard InChI is InChI=1S/C20H38F3N/c1-3-5-7-9-11-17(10-8-6-4-2)18-12-14-19(15-13-18)24-16-20(21,22)23/h17-19,24H,3-16H2,1-2H3. The SMILES string of the molecule is CCCCCCC(CCCCC)C1CCC(NCC(F)(F)F)CC1. The molecule has 144 valence electrons. The number of nitrogens with one attached hydrogen (secondary N) is 1. The predicted molar refractivity (Wildman–Crippen MR) is 96.2 cm³/mol. The number of hydrogen-bond acceptors (Lipinski definition) is 1. The molecule has 24 heavy (non-hydrogen) atoms. The summed E-state index contributed by atoms with van der Waals surface area (Å²) in [5.41, 5.74) is 0. The second-order valence-electron chi connectivity index (χ2n) is 7.71. The summed E-state index contributed by atoms with van der Waals surface area (Å²) in [7, 11) is 0. The molecule has 1 saturated carbocycles. The van der Waals surface area contributed by atoms with Gasteiger partial charge in [-0.1, -0.05) is 71.6 Å². The van der Waals surface area contributed by atoms with Crippen LogP contribution in [-0.4, -0.2) is 18.8 Å². The summed E-state index contributed by atoms with van der Waals surface area (Å²) < 4.78 is 37.0. The molecule has 1 nitrogen and oxygen atoms in total. The van der Waals surface area contributed by atoms with E-state index in [9.17, 15) is 13.2 Å². The number of alkyl halides is 3. The lowest BCUT2D eigenvalue weighted by Crippen LogP contribution is -2.40. The first kappa shape index (κ1) is 21.8. The van der Waals surface area contributed by atoms with Gasteiger partial charge in [-0.15, -0.1) is 0 Å². The van der Waals surface area contributed by atoms with E-state index in [1.165, 1.54) is 57.8 Å². The molecule has 1 atom stereocenters. The molecule has 0 aromatic heterocycles.